The van der Waals surface area contributed by atoms with Crippen LogP contribution in [-0.4, -0.2) is 17.0 Å². The number of carbonyl (C=O) groups is 1. The molecule has 14 heavy (non-hydrogen) atoms. The molecule has 0 aromatic carbocycles. The minimum atomic E-state index is -0.723. The van der Waals surface area contributed by atoms with Crippen molar-refractivity contribution in [1.29, 1.82) is 0 Å². The normalized spacial score (nSPS) is 37.9. The third-order valence-electron chi connectivity index (χ3n) is 4.03. The summed E-state index contributed by atoms with van der Waals surface area (Å²) in [6.45, 7) is 3.82. The van der Waals surface area contributed by atoms with Gasteiger partial charge in [-0.1, -0.05) is 20.3 Å². The van der Waals surface area contributed by atoms with Crippen LogP contribution >= 0.6 is 0 Å². The Bertz CT molecular complexity index is 234. The first-order valence-corrected chi connectivity index (χ1v) is 5.81. The Hall–Kier alpha value is -0.370. The van der Waals surface area contributed by atoms with Gasteiger partial charge in [-0.05, 0) is 37.0 Å². The number of rotatable bonds is 3. The minimum absolute atomic E-state index is 0.0710. The van der Waals surface area contributed by atoms with Crippen LogP contribution < -0.4 is 0 Å². The average molecular weight is 196 g/mol. The molecule has 0 heterocycles. The van der Waals surface area contributed by atoms with Crippen molar-refractivity contribution in [3.63, 3.8) is 0 Å². The second kappa shape index (κ2) is 3.65. The van der Waals surface area contributed by atoms with Crippen LogP contribution in [0.1, 0.15) is 39.5 Å². The molecule has 2 bridgehead atoms. The summed E-state index contributed by atoms with van der Waals surface area (Å²) in [6, 6.07) is 0. The number of hydrogen-bond acceptors (Lipinski definition) is 2. The van der Waals surface area contributed by atoms with E-state index in [1.54, 1.807) is 0 Å². The monoisotopic (exact) mass is 196 g/mol. The Balaban J connectivity index is 1.99. The van der Waals surface area contributed by atoms with E-state index in [2.05, 4.69) is 0 Å². The zero-order valence-corrected chi connectivity index (χ0v) is 9.07. The lowest BCUT2D eigenvalue weighted by Gasteiger charge is -2.24. The number of aliphatic hydroxyl groups excluding tert-OH is 1. The topological polar surface area (TPSA) is 37.3 Å². The predicted molar refractivity (Wildman–Crippen MR) is 54.8 cm³/mol. The highest BCUT2D eigenvalue weighted by molar-refractivity contribution is 5.86. The molecule has 0 aromatic heterocycles. The fraction of sp³-hybridized carbons (Fsp3) is 0.917. The van der Waals surface area contributed by atoms with Crippen LogP contribution in [-0.2, 0) is 4.79 Å². The molecule has 0 saturated heterocycles. The molecular weight excluding hydrogens is 176 g/mol. The van der Waals surface area contributed by atoms with Crippen molar-refractivity contribution in [2.24, 2.45) is 23.7 Å². The molecule has 2 aliphatic rings. The first kappa shape index (κ1) is 10.2. The van der Waals surface area contributed by atoms with E-state index < -0.39 is 6.10 Å². The molecule has 0 amide bonds. The fourth-order valence-corrected chi connectivity index (χ4v) is 3.14. The molecule has 2 saturated carbocycles. The molecule has 4 unspecified atom stereocenters. The maximum atomic E-state index is 11.9. The summed E-state index contributed by atoms with van der Waals surface area (Å²) in [6.07, 6.45) is 4.09. The van der Waals surface area contributed by atoms with E-state index in [1.807, 2.05) is 13.8 Å². The maximum Gasteiger partial charge on any atom is 0.164 e. The van der Waals surface area contributed by atoms with Crippen molar-refractivity contribution >= 4 is 5.78 Å². The molecule has 2 heteroatoms. The third-order valence-corrected chi connectivity index (χ3v) is 4.03. The first-order valence-electron chi connectivity index (χ1n) is 5.81. The molecule has 0 aliphatic heterocycles. The molecule has 2 nitrogen and oxygen atoms in total. The van der Waals surface area contributed by atoms with Crippen molar-refractivity contribution in [2.45, 2.75) is 45.6 Å². The van der Waals surface area contributed by atoms with Gasteiger partial charge in [0.25, 0.3) is 0 Å². The van der Waals surface area contributed by atoms with Crippen molar-refractivity contribution in [3.05, 3.63) is 0 Å². The van der Waals surface area contributed by atoms with Gasteiger partial charge < -0.3 is 5.11 Å². The lowest BCUT2D eigenvalue weighted by molar-refractivity contribution is -0.134. The van der Waals surface area contributed by atoms with Crippen molar-refractivity contribution in [1.82, 2.24) is 0 Å². The van der Waals surface area contributed by atoms with Crippen LogP contribution in [0.2, 0.25) is 0 Å². The van der Waals surface area contributed by atoms with Gasteiger partial charge in [0.05, 0.1) is 0 Å². The summed E-state index contributed by atoms with van der Waals surface area (Å²) in [5.74, 6) is 1.76. The van der Waals surface area contributed by atoms with Crippen LogP contribution in [0.3, 0.4) is 0 Å². The number of carbonyl (C=O) groups excluding carboxylic acids is 1. The van der Waals surface area contributed by atoms with E-state index in [9.17, 15) is 9.90 Å². The summed E-state index contributed by atoms with van der Waals surface area (Å²) in [4.78, 5) is 11.9. The van der Waals surface area contributed by atoms with Gasteiger partial charge in [-0.15, -0.1) is 0 Å². The average Bonchev–Trinajstić information content (AvgIpc) is 2.76. The second-order valence-corrected chi connectivity index (χ2v) is 5.37. The summed E-state index contributed by atoms with van der Waals surface area (Å²) >= 11 is 0. The highest BCUT2D eigenvalue weighted by Gasteiger charge is 2.44. The zero-order chi connectivity index (χ0) is 10.3. The number of ketones is 1. The number of aliphatic hydroxyl groups is 1. The van der Waals surface area contributed by atoms with E-state index in [0.717, 1.165) is 12.3 Å². The van der Waals surface area contributed by atoms with Gasteiger partial charge in [-0.25, -0.2) is 0 Å². The zero-order valence-electron chi connectivity index (χ0n) is 9.07. The smallest absolute Gasteiger partial charge is 0.164 e. The van der Waals surface area contributed by atoms with E-state index in [0.29, 0.717) is 5.92 Å². The Labute approximate surface area is 85.7 Å². The molecule has 2 rings (SSSR count). The molecular formula is C12H20O2. The standard InChI is InChI=1S/C12H20O2/c1-7(2)11(13)12(14)10-6-8-3-4-9(10)5-8/h7-11,13H,3-6H2,1-2H3. The number of fused-ring (bicyclic) bond motifs is 2. The van der Waals surface area contributed by atoms with Gasteiger partial charge in [-0.2, -0.15) is 0 Å². The number of hydrogen-bond donors (Lipinski definition) is 1. The minimum Gasteiger partial charge on any atom is -0.385 e. The van der Waals surface area contributed by atoms with Crippen LogP contribution in [0.25, 0.3) is 0 Å². The van der Waals surface area contributed by atoms with E-state index in [4.69, 9.17) is 0 Å². The quantitative estimate of drug-likeness (QED) is 0.749. The third kappa shape index (κ3) is 1.60. The van der Waals surface area contributed by atoms with Crippen LogP contribution in [0.15, 0.2) is 0 Å². The summed E-state index contributed by atoms with van der Waals surface area (Å²) in [5, 5.41) is 9.73. The van der Waals surface area contributed by atoms with Crippen LogP contribution in [0, 0.1) is 23.7 Å². The van der Waals surface area contributed by atoms with Crippen molar-refractivity contribution < 1.29 is 9.90 Å². The molecule has 4 atom stereocenters. The fourth-order valence-electron chi connectivity index (χ4n) is 3.14. The van der Waals surface area contributed by atoms with Gasteiger partial charge in [0.2, 0.25) is 0 Å². The van der Waals surface area contributed by atoms with Gasteiger partial charge >= 0.3 is 0 Å². The Morgan fingerprint density at radius 3 is 2.43 bits per heavy atom. The van der Waals surface area contributed by atoms with Crippen molar-refractivity contribution in [3.8, 4) is 0 Å². The van der Waals surface area contributed by atoms with Crippen molar-refractivity contribution in [2.75, 3.05) is 0 Å². The van der Waals surface area contributed by atoms with Gasteiger partial charge in [0.1, 0.15) is 6.10 Å². The Morgan fingerprint density at radius 1 is 1.29 bits per heavy atom. The van der Waals surface area contributed by atoms with Gasteiger partial charge in [-0.3, -0.25) is 4.79 Å². The molecule has 2 aliphatic carbocycles. The molecule has 0 radical (unpaired) electrons. The Kier molecular flexibility index (Phi) is 2.65. The first-order chi connectivity index (χ1) is 6.59. The SMILES string of the molecule is CC(C)C(O)C(=O)C1CC2CCC1C2. The predicted octanol–water partition coefficient (Wildman–Crippen LogP) is 2.01. The molecule has 2 fully saturated rings. The summed E-state index contributed by atoms with van der Waals surface area (Å²) < 4.78 is 0. The van der Waals surface area contributed by atoms with Crippen LogP contribution in [0.4, 0.5) is 0 Å². The van der Waals surface area contributed by atoms with Gasteiger partial charge in [0.15, 0.2) is 5.78 Å². The Morgan fingerprint density at radius 2 is 2.00 bits per heavy atom. The second-order valence-electron chi connectivity index (χ2n) is 5.37. The van der Waals surface area contributed by atoms with Gasteiger partial charge in [0, 0.05) is 5.92 Å². The maximum absolute atomic E-state index is 11.9. The van der Waals surface area contributed by atoms with E-state index in [-0.39, 0.29) is 17.6 Å². The van der Waals surface area contributed by atoms with E-state index >= 15 is 0 Å². The highest BCUT2D eigenvalue weighted by Crippen LogP contribution is 2.49. The lowest BCUT2D eigenvalue weighted by atomic mass is 9.82. The number of Topliss-reactive ketones (excluding diaryl/α,β-unsaturated/α-hetero) is 1. The van der Waals surface area contributed by atoms with Crippen LogP contribution in [0.5, 0.6) is 0 Å². The van der Waals surface area contributed by atoms with E-state index in [1.165, 1.54) is 19.3 Å². The lowest BCUT2D eigenvalue weighted by Crippen LogP contribution is -2.34. The summed E-state index contributed by atoms with van der Waals surface area (Å²) in [5.41, 5.74) is 0. The molecule has 0 spiro atoms. The summed E-state index contributed by atoms with van der Waals surface area (Å²) in [7, 11) is 0. The molecule has 1 N–H and O–H groups in total. The largest absolute Gasteiger partial charge is 0.385 e. The highest BCUT2D eigenvalue weighted by atomic mass is 16.3. The molecule has 80 valence electrons. The molecule has 0 aromatic rings.